The standard InChI is InChI=1S/C11H18N2/c1-8(2)13-6-9-4-5-11(12-3)10(9)7-13/h6-8,11-12H,4-5H2,1-3H3. The summed E-state index contributed by atoms with van der Waals surface area (Å²) >= 11 is 0. The van der Waals surface area contributed by atoms with Crippen molar-refractivity contribution in [2.24, 2.45) is 0 Å². The Kier molecular flexibility index (Phi) is 2.16. The van der Waals surface area contributed by atoms with E-state index >= 15 is 0 Å². The molecule has 1 aliphatic rings. The van der Waals surface area contributed by atoms with Crippen LogP contribution in [-0.2, 0) is 6.42 Å². The predicted octanol–water partition coefficient (Wildman–Crippen LogP) is 2.28. The van der Waals surface area contributed by atoms with Crippen LogP contribution in [0.2, 0.25) is 0 Å². The Bertz CT molecular complexity index is 299. The zero-order valence-electron chi connectivity index (χ0n) is 8.67. The summed E-state index contributed by atoms with van der Waals surface area (Å²) in [5, 5.41) is 3.36. The summed E-state index contributed by atoms with van der Waals surface area (Å²) in [6.07, 6.45) is 7.10. The fourth-order valence-electron chi connectivity index (χ4n) is 2.11. The van der Waals surface area contributed by atoms with E-state index in [-0.39, 0.29) is 0 Å². The summed E-state index contributed by atoms with van der Waals surface area (Å²) in [6, 6.07) is 1.18. The zero-order valence-corrected chi connectivity index (χ0v) is 8.67. The van der Waals surface area contributed by atoms with Crippen LogP contribution in [0.1, 0.15) is 43.5 Å². The number of hydrogen-bond acceptors (Lipinski definition) is 1. The molecule has 13 heavy (non-hydrogen) atoms. The first kappa shape index (κ1) is 8.82. The van der Waals surface area contributed by atoms with E-state index in [1.807, 2.05) is 7.05 Å². The van der Waals surface area contributed by atoms with Gasteiger partial charge in [0.2, 0.25) is 0 Å². The number of aromatic nitrogens is 1. The molecule has 1 heterocycles. The molecule has 72 valence electrons. The molecule has 0 fully saturated rings. The van der Waals surface area contributed by atoms with Gasteiger partial charge in [0.25, 0.3) is 0 Å². The summed E-state index contributed by atoms with van der Waals surface area (Å²) in [4.78, 5) is 0. The minimum Gasteiger partial charge on any atom is -0.351 e. The summed E-state index contributed by atoms with van der Waals surface area (Å²) in [5.74, 6) is 0. The van der Waals surface area contributed by atoms with Crippen LogP contribution in [-0.4, -0.2) is 11.6 Å². The number of nitrogens with zero attached hydrogens (tertiary/aromatic N) is 1. The Morgan fingerprint density at radius 3 is 2.85 bits per heavy atom. The smallest absolute Gasteiger partial charge is 0.0338 e. The van der Waals surface area contributed by atoms with Crippen LogP contribution < -0.4 is 5.32 Å². The number of fused-ring (bicyclic) bond motifs is 1. The van der Waals surface area contributed by atoms with Crippen molar-refractivity contribution < 1.29 is 0 Å². The van der Waals surface area contributed by atoms with E-state index in [4.69, 9.17) is 0 Å². The number of aryl methyl sites for hydroxylation is 1. The van der Waals surface area contributed by atoms with Crippen molar-refractivity contribution in [2.75, 3.05) is 7.05 Å². The second-order valence-corrected chi connectivity index (χ2v) is 4.16. The summed E-state index contributed by atoms with van der Waals surface area (Å²) in [7, 11) is 2.05. The van der Waals surface area contributed by atoms with E-state index in [0.29, 0.717) is 12.1 Å². The third-order valence-electron chi connectivity index (χ3n) is 2.99. The van der Waals surface area contributed by atoms with Gasteiger partial charge >= 0.3 is 0 Å². The summed E-state index contributed by atoms with van der Waals surface area (Å²) < 4.78 is 2.31. The Morgan fingerprint density at radius 1 is 1.46 bits per heavy atom. The fourth-order valence-corrected chi connectivity index (χ4v) is 2.11. The molecule has 2 nitrogen and oxygen atoms in total. The second-order valence-electron chi connectivity index (χ2n) is 4.16. The lowest BCUT2D eigenvalue weighted by Crippen LogP contribution is -2.12. The average Bonchev–Trinajstić information content (AvgIpc) is 2.60. The highest BCUT2D eigenvalue weighted by atomic mass is 15.0. The lowest BCUT2D eigenvalue weighted by molar-refractivity contribution is 0.563. The normalized spacial score (nSPS) is 21.1. The van der Waals surface area contributed by atoms with Gasteiger partial charge in [-0.15, -0.1) is 0 Å². The van der Waals surface area contributed by atoms with E-state index in [2.05, 4.69) is 36.1 Å². The van der Waals surface area contributed by atoms with Crippen LogP contribution in [0.25, 0.3) is 0 Å². The van der Waals surface area contributed by atoms with Crippen molar-refractivity contribution >= 4 is 0 Å². The lowest BCUT2D eigenvalue weighted by Gasteiger charge is -2.10. The lowest BCUT2D eigenvalue weighted by atomic mass is 10.2. The molecule has 1 aromatic rings. The molecule has 0 amide bonds. The quantitative estimate of drug-likeness (QED) is 0.735. The summed E-state index contributed by atoms with van der Waals surface area (Å²) in [5.41, 5.74) is 3.05. The molecule has 0 aromatic carbocycles. The molecule has 1 aromatic heterocycles. The van der Waals surface area contributed by atoms with Gasteiger partial charge in [-0.05, 0) is 44.9 Å². The first-order chi connectivity index (χ1) is 6.22. The van der Waals surface area contributed by atoms with Crippen LogP contribution in [0, 0.1) is 0 Å². The molecule has 0 spiro atoms. The van der Waals surface area contributed by atoms with Crippen LogP contribution in [0.4, 0.5) is 0 Å². The highest BCUT2D eigenvalue weighted by Crippen LogP contribution is 2.32. The van der Waals surface area contributed by atoms with E-state index in [1.165, 1.54) is 24.0 Å². The monoisotopic (exact) mass is 178 g/mol. The van der Waals surface area contributed by atoms with E-state index in [0.717, 1.165) is 0 Å². The maximum atomic E-state index is 3.36. The third-order valence-corrected chi connectivity index (χ3v) is 2.99. The van der Waals surface area contributed by atoms with Gasteiger partial charge < -0.3 is 9.88 Å². The molecular formula is C11H18N2. The average molecular weight is 178 g/mol. The van der Waals surface area contributed by atoms with Crippen LogP contribution in [0.15, 0.2) is 12.4 Å². The topological polar surface area (TPSA) is 17.0 Å². The second kappa shape index (κ2) is 3.18. The minimum absolute atomic E-state index is 0.586. The van der Waals surface area contributed by atoms with Gasteiger partial charge in [-0.25, -0.2) is 0 Å². The van der Waals surface area contributed by atoms with Crippen LogP contribution in [0.5, 0.6) is 0 Å². The Labute approximate surface area is 79.9 Å². The van der Waals surface area contributed by atoms with Crippen LogP contribution in [0.3, 0.4) is 0 Å². The number of rotatable bonds is 2. The maximum Gasteiger partial charge on any atom is 0.0338 e. The molecule has 2 rings (SSSR count). The van der Waals surface area contributed by atoms with Crippen molar-refractivity contribution in [3.8, 4) is 0 Å². The Morgan fingerprint density at radius 2 is 2.23 bits per heavy atom. The van der Waals surface area contributed by atoms with Gasteiger partial charge in [0.1, 0.15) is 0 Å². The van der Waals surface area contributed by atoms with Gasteiger partial charge in [0, 0.05) is 24.5 Å². The van der Waals surface area contributed by atoms with Crippen molar-refractivity contribution in [1.29, 1.82) is 0 Å². The first-order valence-corrected chi connectivity index (χ1v) is 5.10. The number of nitrogens with one attached hydrogen (secondary N) is 1. The Hall–Kier alpha value is -0.760. The first-order valence-electron chi connectivity index (χ1n) is 5.10. The number of hydrogen-bond donors (Lipinski definition) is 1. The van der Waals surface area contributed by atoms with Crippen molar-refractivity contribution in [3.63, 3.8) is 0 Å². The molecule has 1 atom stereocenters. The fraction of sp³-hybridized carbons (Fsp3) is 0.636. The van der Waals surface area contributed by atoms with Gasteiger partial charge in [-0.2, -0.15) is 0 Å². The van der Waals surface area contributed by atoms with Gasteiger partial charge in [-0.1, -0.05) is 0 Å². The predicted molar refractivity (Wildman–Crippen MR) is 54.9 cm³/mol. The summed E-state index contributed by atoms with van der Waals surface area (Å²) in [6.45, 7) is 4.45. The molecule has 0 radical (unpaired) electrons. The highest BCUT2D eigenvalue weighted by molar-refractivity contribution is 5.32. The molecule has 2 heteroatoms. The van der Waals surface area contributed by atoms with E-state index in [1.54, 1.807) is 0 Å². The molecule has 0 saturated heterocycles. The van der Waals surface area contributed by atoms with Crippen molar-refractivity contribution in [3.05, 3.63) is 23.5 Å². The minimum atomic E-state index is 0.586. The van der Waals surface area contributed by atoms with Crippen LogP contribution >= 0.6 is 0 Å². The third kappa shape index (κ3) is 1.39. The van der Waals surface area contributed by atoms with Crippen molar-refractivity contribution in [1.82, 2.24) is 9.88 Å². The Balaban J connectivity index is 2.31. The van der Waals surface area contributed by atoms with E-state index in [9.17, 15) is 0 Å². The molecule has 1 aliphatic carbocycles. The highest BCUT2D eigenvalue weighted by Gasteiger charge is 2.22. The largest absolute Gasteiger partial charge is 0.351 e. The molecule has 0 bridgehead atoms. The van der Waals surface area contributed by atoms with Gasteiger partial charge in [0.05, 0.1) is 0 Å². The molecule has 1 unspecified atom stereocenters. The van der Waals surface area contributed by atoms with Gasteiger partial charge in [-0.3, -0.25) is 0 Å². The SMILES string of the molecule is CNC1CCc2cn(C(C)C)cc21. The molecule has 0 aliphatic heterocycles. The maximum absolute atomic E-state index is 3.36. The van der Waals surface area contributed by atoms with Gasteiger partial charge in [0.15, 0.2) is 0 Å². The molecule has 1 N–H and O–H groups in total. The molecule has 0 saturated carbocycles. The van der Waals surface area contributed by atoms with Crippen molar-refractivity contribution in [2.45, 2.75) is 38.8 Å². The zero-order chi connectivity index (χ0) is 9.42. The molecular weight excluding hydrogens is 160 g/mol. The van der Waals surface area contributed by atoms with E-state index < -0.39 is 0 Å².